The van der Waals surface area contributed by atoms with E-state index < -0.39 is 16.3 Å². The zero-order chi connectivity index (χ0) is 36.1. The van der Waals surface area contributed by atoms with Crippen LogP contribution in [0.2, 0.25) is 0 Å². The van der Waals surface area contributed by atoms with Gasteiger partial charge in [0.1, 0.15) is 0 Å². The minimum atomic E-state index is -3.62. The highest BCUT2D eigenvalue weighted by Crippen LogP contribution is 2.40. The van der Waals surface area contributed by atoms with Crippen LogP contribution in [0.1, 0.15) is 52.2 Å². The average Bonchev–Trinajstić information content (AvgIpc) is 3.20. The molecule has 3 atom stereocenters. The summed E-state index contributed by atoms with van der Waals surface area (Å²) in [5.41, 5.74) is 8.17. The largest absolute Gasteiger partial charge is 0.493 e. The molecule has 2 N–H and O–H groups in total. The van der Waals surface area contributed by atoms with Crippen LogP contribution < -0.4 is 14.2 Å². The van der Waals surface area contributed by atoms with Gasteiger partial charge in [0.05, 0.1) is 37.9 Å². The van der Waals surface area contributed by atoms with Crippen LogP contribution in [-0.2, 0) is 45.6 Å². The molecule has 2 aliphatic heterocycles. The summed E-state index contributed by atoms with van der Waals surface area (Å²) in [6.45, 7) is 2.62. The molecule has 2 heterocycles. The van der Waals surface area contributed by atoms with Gasteiger partial charge in [0, 0.05) is 38.2 Å². The van der Waals surface area contributed by atoms with Crippen LogP contribution in [0.4, 0.5) is 0 Å². The van der Waals surface area contributed by atoms with Gasteiger partial charge in [0.25, 0.3) is 0 Å². The first-order valence-electron chi connectivity index (χ1n) is 17.5. The van der Waals surface area contributed by atoms with Crippen molar-refractivity contribution < 1.29 is 32.5 Å². The van der Waals surface area contributed by atoms with Crippen LogP contribution in [-0.4, -0.2) is 51.8 Å². The number of fused-ring (bicyclic) bond motifs is 1. The zero-order valence-electron chi connectivity index (χ0n) is 29.4. The van der Waals surface area contributed by atoms with E-state index >= 15 is 0 Å². The number of hydrogen-bond donors (Lipinski definition) is 2. The molecule has 1 saturated heterocycles. The molecule has 5 aromatic rings. The lowest BCUT2D eigenvalue weighted by molar-refractivity contribution is -0.253. The lowest BCUT2D eigenvalue weighted by Gasteiger charge is -2.39. The van der Waals surface area contributed by atoms with Crippen molar-refractivity contribution in [2.75, 3.05) is 27.3 Å². The summed E-state index contributed by atoms with van der Waals surface area (Å²) in [7, 11) is -0.285. The van der Waals surface area contributed by atoms with Gasteiger partial charge in [-0.05, 0) is 75.7 Å². The van der Waals surface area contributed by atoms with Crippen LogP contribution >= 0.6 is 0 Å². The minimum Gasteiger partial charge on any atom is -0.493 e. The maximum absolute atomic E-state index is 12.8. The Kier molecular flexibility index (Phi) is 11.0. The molecular formula is C42H44N2O7S. The molecular weight excluding hydrogens is 677 g/mol. The van der Waals surface area contributed by atoms with Crippen LogP contribution in [0.3, 0.4) is 0 Å². The molecule has 0 spiro atoms. The number of aliphatic hydroxyl groups excluding tert-OH is 1. The highest BCUT2D eigenvalue weighted by Gasteiger charge is 2.34. The van der Waals surface area contributed by atoms with Gasteiger partial charge in [0.15, 0.2) is 17.8 Å². The highest BCUT2D eigenvalue weighted by atomic mass is 32.2. The Morgan fingerprint density at radius 2 is 1.48 bits per heavy atom. The topological polar surface area (TPSA) is 107 Å². The average molecular weight is 721 g/mol. The number of ether oxygens (including phenoxy) is 4. The first-order chi connectivity index (χ1) is 25.3. The molecule has 3 unspecified atom stereocenters. The number of benzene rings is 5. The molecule has 0 aliphatic carbocycles. The third-order valence-electron chi connectivity index (χ3n) is 9.84. The number of aliphatic hydroxyl groups is 1. The molecule has 5 aromatic carbocycles. The fraction of sp³-hybridized carbons (Fsp3) is 0.286. The van der Waals surface area contributed by atoms with Gasteiger partial charge in [-0.1, -0.05) is 84.9 Å². The minimum absolute atomic E-state index is 0.00812. The van der Waals surface area contributed by atoms with Crippen molar-refractivity contribution in [1.29, 1.82) is 0 Å². The first-order valence-corrected chi connectivity index (χ1v) is 19.0. The Hall–Kier alpha value is -4.55. The normalized spacial score (nSPS) is 19.2. The fourth-order valence-electron chi connectivity index (χ4n) is 6.97. The zero-order valence-corrected chi connectivity index (χ0v) is 30.2. The summed E-state index contributed by atoms with van der Waals surface area (Å²) in [5, 5.41) is 9.61. The Bertz CT molecular complexity index is 2070. The second-order valence-electron chi connectivity index (χ2n) is 13.3. The predicted octanol–water partition coefficient (Wildman–Crippen LogP) is 6.95. The maximum Gasteiger partial charge on any atom is 0.240 e. The molecule has 0 saturated carbocycles. The van der Waals surface area contributed by atoms with Crippen molar-refractivity contribution in [3.05, 3.63) is 149 Å². The predicted molar refractivity (Wildman–Crippen MR) is 199 cm³/mol. The number of nitrogens with one attached hydrogen (secondary N) is 1. The van der Waals surface area contributed by atoms with Gasteiger partial charge in [-0.15, -0.1) is 0 Å². The lowest BCUT2D eigenvalue weighted by atomic mass is 9.96. The molecule has 0 aromatic heterocycles. The number of rotatable bonds is 12. The number of hydrogen-bond acceptors (Lipinski definition) is 8. The number of nitrogens with zero attached hydrogens (tertiary/aromatic N) is 1. The SMILES string of the molecule is COc1cc2c(cc1OC)CN(CC1CC(c3ccc(CO)cc3)OC(c3ccc(-c4cccc(CNS(=O)(=O)c5ccccc5)c4)cc3)O1)CC2. The summed E-state index contributed by atoms with van der Waals surface area (Å²) in [5.74, 6) is 1.49. The van der Waals surface area contributed by atoms with Crippen molar-refractivity contribution >= 4 is 10.0 Å². The lowest BCUT2D eigenvalue weighted by Crippen LogP contribution is -2.41. The van der Waals surface area contributed by atoms with E-state index in [2.05, 4.69) is 21.8 Å². The van der Waals surface area contributed by atoms with E-state index in [0.29, 0.717) is 6.42 Å². The second kappa shape index (κ2) is 16.0. The summed E-state index contributed by atoms with van der Waals surface area (Å²) in [6.07, 6.45) is 0.766. The Balaban J connectivity index is 1.07. The van der Waals surface area contributed by atoms with E-state index in [1.807, 2.05) is 72.8 Å². The Morgan fingerprint density at radius 1 is 0.769 bits per heavy atom. The van der Waals surface area contributed by atoms with E-state index in [1.165, 1.54) is 11.1 Å². The quantitative estimate of drug-likeness (QED) is 0.143. The third-order valence-corrected chi connectivity index (χ3v) is 11.3. The molecule has 1 fully saturated rings. The van der Waals surface area contributed by atoms with Crippen LogP contribution in [0.25, 0.3) is 11.1 Å². The fourth-order valence-corrected chi connectivity index (χ4v) is 8.01. The molecule has 270 valence electrons. The van der Waals surface area contributed by atoms with Crippen molar-refractivity contribution in [2.24, 2.45) is 0 Å². The first kappa shape index (κ1) is 35.8. The number of methoxy groups -OCH3 is 2. The highest BCUT2D eigenvalue weighted by molar-refractivity contribution is 7.89. The molecule has 2 aliphatic rings. The maximum atomic E-state index is 12.8. The monoisotopic (exact) mass is 720 g/mol. The summed E-state index contributed by atoms with van der Waals surface area (Å²) >= 11 is 0. The van der Waals surface area contributed by atoms with Gasteiger partial charge in [-0.25, -0.2) is 13.1 Å². The molecule has 0 bridgehead atoms. The molecule has 7 rings (SSSR count). The van der Waals surface area contributed by atoms with Crippen LogP contribution in [0.15, 0.2) is 120 Å². The third kappa shape index (κ3) is 8.23. The van der Waals surface area contributed by atoms with Gasteiger partial charge < -0.3 is 24.1 Å². The summed E-state index contributed by atoms with van der Waals surface area (Å²) in [4.78, 5) is 2.67. The second-order valence-corrected chi connectivity index (χ2v) is 15.0. The molecule has 9 nitrogen and oxygen atoms in total. The van der Waals surface area contributed by atoms with Crippen LogP contribution in [0.5, 0.6) is 11.5 Å². The van der Waals surface area contributed by atoms with Gasteiger partial charge in [-0.2, -0.15) is 0 Å². The van der Waals surface area contributed by atoms with E-state index in [-0.39, 0.29) is 30.3 Å². The Morgan fingerprint density at radius 3 is 2.19 bits per heavy atom. The van der Waals surface area contributed by atoms with E-state index in [0.717, 1.165) is 70.9 Å². The standard InChI is InChI=1S/C42H44N2O7S/c1-48-40-22-35-19-20-44(26-36(35)23-41(40)49-2)27-37-24-39(32-13-11-29(28-45)12-14-32)51-42(50-37)33-17-15-31(16-18-33)34-8-6-7-30(21-34)25-43-52(46,47)38-9-4-3-5-10-38/h3-18,21-23,37,39,42-43,45H,19-20,24-28H2,1-2H3. The number of sulfonamides is 1. The van der Waals surface area contributed by atoms with E-state index in [4.69, 9.17) is 18.9 Å². The molecule has 10 heteroatoms. The van der Waals surface area contributed by atoms with Gasteiger partial charge >= 0.3 is 0 Å². The smallest absolute Gasteiger partial charge is 0.240 e. The van der Waals surface area contributed by atoms with Gasteiger partial charge in [0.2, 0.25) is 10.0 Å². The molecule has 52 heavy (non-hydrogen) atoms. The van der Waals surface area contributed by atoms with Crippen molar-refractivity contribution in [2.45, 2.75) is 55.9 Å². The summed E-state index contributed by atoms with van der Waals surface area (Å²) < 4.78 is 52.7. The van der Waals surface area contributed by atoms with E-state index in [9.17, 15) is 13.5 Å². The van der Waals surface area contributed by atoms with E-state index in [1.54, 1.807) is 44.6 Å². The van der Waals surface area contributed by atoms with Crippen molar-refractivity contribution in [3.8, 4) is 22.6 Å². The van der Waals surface area contributed by atoms with Gasteiger partial charge in [-0.3, -0.25) is 4.90 Å². The van der Waals surface area contributed by atoms with Crippen LogP contribution in [0, 0.1) is 0 Å². The van der Waals surface area contributed by atoms with Crippen molar-refractivity contribution in [1.82, 2.24) is 9.62 Å². The molecule has 0 amide bonds. The Labute approximate surface area is 305 Å². The summed E-state index contributed by atoms with van der Waals surface area (Å²) in [6, 6.07) is 36.5. The molecule has 0 radical (unpaired) electrons. The van der Waals surface area contributed by atoms with Crippen molar-refractivity contribution in [3.63, 3.8) is 0 Å².